The monoisotopic (exact) mass is 387 g/mol. The number of carbonyl (C=O) groups is 2. The molecular weight excluding hydrogens is 374 g/mol. The number of ether oxygens (including phenoxy) is 1. The van der Waals surface area contributed by atoms with E-state index in [9.17, 15) is 9.59 Å². The predicted octanol–water partition coefficient (Wildman–Crippen LogP) is 4.89. The van der Waals surface area contributed by atoms with Gasteiger partial charge in [-0.3, -0.25) is 10.1 Å². The van der Waals surface area contributed by atoms with Crippen LogP contribution in [0.25, 0.3) is 11.3 Å². The first-order valence-corrected chi connectivity index (χ1v) is 8.74. The summed E-state index contributed by atoms with van der Waals surface area (Å²) in [6.45, 7) is 0. The summed E-state index contributed by atoms with van der Waals surface area (Å²) in [5.74, 6) is -0.299. The number of amides is 2. The van der Waals surface area contributed by atoms with Crippen LogP contribution in [0, 0.1) is 0 Å². The molecule has 0 radical (unpaired) electrons. The molecule has 0 aliphatic carbocycles. The van der Waals surface area contributed by atoms with E-state index in [0.29, 0.717) is 26.4 Å². The van der Waals surface area contributed by atoms with Gasteiger partial charge in [0.05, 0.1) is 7.11 Å². The first-order valence-electron chi connectivity index (χ1n) is 7.55. The third-order valence-corrected chi connectivity index (χ3v) is 4.54. The molecule has 0 unspecified atom stereocenters. The third-order valence-electron chi connectivity index (χ3n) is 3.40. The van der Waals surface area contributed by atoms with E-state index >= 15 is 0 Å². The Kier molecular flexibility index (Phi) is 5.50. The van der Waals surface area contributed by atoms with Gasteiger partial charge in [-0.2, -0.15) is 0 Å². The van der Waals surface area contributed by atoms with Crippen molar-refractivity contribution in [3.05, 3.63) is 65.2 Å². The molecule has 3 aromatic rings. The Bertz CT molecular complexity index is 927. The fourth-order valence-corrected chi connectivity index (χ4v) is 3.16. The highest BCUT2D eigenvalue weighted by molar-refractivity contribution is 7.20. The van der Waals surface area contributed by atoms with E-state index in [0.717, 1.165) is 16.9 Å². The Balaban J connectivity index is 1.92. The molecule has 0 spiro atoms. The summed E-state index contributed by atoms with van der Waals surface area (Å²) in [5.41, 5.74) is 1.83. The highest BCUT2D eigenvalue weighted by Gasteiger charge is 2.17. The van der Waals surface area contributed by atoms with Gasteiger partial charge in [0, 0.05) is 16.1 Å². The molecule has 26 heavy (non-hydrogen) atoms. The van der Waals surface area contributed by atoms with Crippen molar-refractivity contribution in [3.63, 3.8) is 0 Å². The van der Waals surface area contributed by atoms with Crippen molar-refractivity contribution in [1.29, 1.82) is 0 Å². The maximum absolute atomic E-state index is 12.5. The molecule has 8 heteroatoms. The molecule has 0 bridgehead atoms. The number of benzene rings is 2. The summed E-state index contributed by atoms with van der Waals surface area (Å²) in [6, 6.07) is 15.9. The molecular formula is C18H14ClN3O3S. The highest BCUT2D eigenvalue weighted by Crippen LogP contribution is 2.36. The standard InChI is InChI=1S/C18H14ClN3O3S/c1-25-18(24)22-17-20-14(11-5-3-2-4-6-11)16(26-17)21-15(23)12-7-9-13(19)10-8-12/h2-10H,1H3,(H,21,23)(H,20,22,24). The van der Waals surface area contributed by atoms with Crippen LogP contribution in [0.15, 0.2) is 54.6 Å². The van der Waals surface area contributed by atoms with Gasteiger partial charge in [-0.05, 0) is 24.3 Å². The zero-order chi connectivity index (χ0) is 18.5. The van der Waals surface area contributed by atoms with Crippen LogP contribution in [-0.4, -0.2) is 24.1 Å². The second-order valence-corrected chi connectivity index (χ2v) is 6.58. The van der Waals surface area contributed by atoms with Crippen LogP contribution in [-0.2, 0) is 4.74 Å². The van der Waals surface area contributed by atoms with Crippen LogP contribution >= 0.6 is 22.9 Å². The number of nitrogens with one attached hydrogen (secondary N) is 2. The minimum Gasteiger partial charge on any atom is -0.453 e. The number of nitrogens with zero attached hydrogens (tertiary/aromatic N) is 1. The van der Waals surface area contributed by atoms with E-state index in [2.05, 4.69) is 20.4 Å². The van der Waals surface area contributed by atoms with Crippen LogP contribution in [0.3, 0.4) is 0 Å². The predicted molar refractivity (Wildman–Crippen MR) is 103 cm³/mol. The van der Waals surface area contributed by atoms with Crippen molar-refractivity contribution in [2.45, 2.75) is 0 Å². The molecule has 2 N–H and O–H groups in total. The molecule has 0 saturated heterocycles. The quantitative estimate of drug-likeness (QED) is 0.667. The Morgan fingerprint density at radius 2 is 1.73 bits per heavy atom. The Morgan fingerprint density at radius 3 is 2.38 bits per heavy atom. The second-order valence-electron chi connectivity index (χ2n) is 5.14. The minimum atomic E-state index is -0.631. The maximum Gasteiger partial charge on any atom is 0.413 e. The molecule has 2 aromatic carbocycles. The second kappa shape index (κ2) is 7.99. The molecule has 1 heterocycles. The van der Waals surface area contributed by atoms with Crippen LogP contribution in [0.1, 0.15) is 10.4 Å². The molecule has 0 atom stereocenters. The van der Waals surface area contributed by atoms with Gasteiger partial charge in [-0.1, -0.05) is 53.3 Å². The molecule has 2 amide bonds. The van der Waals surface area contributed by atoms with Gasteiger partial charge in [-0.25, -0.2) is 9.78 Å². The van der Waals surface area contributed by atoms with E-state index in [1.165, 1.54) is 7.11 Å². The summed E-state index contributed by atoms with van der Waals surface area (Å²) in [4.78, 5) is 28.4. The van der Waals surface area contributed by atoms with E-state index in [1.807, 2.05) is 30.3 Å². The van der Waals surface area contributed by atoms with Gasteiger partial charge in [0.1, 0.15) is 10.7 Å². The summed E-state index contributed by atoms with van der Waals surface area (Å²) in [7, 11) is 1.27. The largest absolute Gasteiger partial charge is 0.453 e. The zero-order valence-corrected chi connectivity index (χ0v) is 15.2. The molecule has 132 valence electrons. The topological polar surface area (TPSA) is 80.3 Å². The normalized spacial score (nSPS) is 10.2. The van der Waals surface area contributed by atoms with E-state index in [1.54, 1.807) is 24.3 Å². The minimum absolute atomic E-state index is 0.299. The van der Waals surface area contributed by atoms with Crippen molar-refractivity contribution in [2.24, 2.45) is 0 Å². The van der Waals surface area contributed by atoms with Crippen LogP contribution < -0.4 is 10.6 Å². The van der Waals surface area contributed by atoms with Gasteiger partial charge >= 0.3 is 6.09 Å². The van der Waals surface area contributed by atoms with E-state index in [4.69, 9.17) is 11.6 Å². The summed E-state index contributed by atoms with van der Waals surface area (Å²) < 4.78 is 4.59. The number of thiazole rings is 1. The van der Waals surface area contributed by atoms with Crippen molar-refractivity contribution in [3.8, 4) is 11.3 Å². The first-order chi connectivity index (χ1) is 12.6. The first kappa shape index (κ1) is 17.9. The van der Waals surface area contributed by atoms with Crippen molar-refractivity contribution >= 4 is 45.1 Å². The lowest BCUT2D eigenvalue weighted by Crippen LogP contribution is -2.11. The maximum atomic E-state index is 12.5. The smallest absolute Gasteiger partial charge is 0.413 e. The van der Waals surface area contributed by atoms with Crippen LogP contribution in [0.4, 0.5) is 14.9 Å². The van der Waals surface area contributed by atoms with Gasteiger partial charge in [0.25, 0.3) is 5.91 Å². The molecule has 0 aliphatic rings. The third kappa shape index (κ3) is 4.19. The summed E-state index contributed by atoms with van der Waals surface area (Å²) in [5, 5.41) is 6.75. The number of hydrogen-bond acceptors (Lipinski definition) is 5. The molecule has 0 saturated carbocycles. The number of carbonyl (C=O) groups excluding carboxylic acids is 2. The fraction of sp³-hybridized carbons (Fsp3) is 0.0556. The van der Waals surface area contributed by atoms with Crippen LogP contribution in [0.5, 0.6) is 0 Å². The molecule has 0 fully saturated rings. The fourth-order valence-electron chi connectivity index (χ4n) is 2.16. The summed E-state index contributed by atoms with van der Waals surface area (Å²) in [6.07, 6.45) is -0.631. The SMILES string of the molecule is COC(=O)Nc1nc(-c2ccccc2)c(NC(=O)c2ccc(Cl)cc2)s1. The summed E-state index contributed by atoms with van der Waals surface area (Å²) >= 11 is 7.00. The van der Waals surface area contributed by atoms with Gasteiger partial charge in [0.15, 0.2) is 5.13 Å². The Labute approximate surface area is 158 Å². The Hall–Kier alpha value is -2.90. The number of rotatable bonds is 4. The van der Waals surface area contributed by atoms with Crippen molar-refractivity contribution < 1.29 is 14.3 Å². The zero-order valence-electron chi connectivity index (χ0n) is 13.7. The van der Waals surface area contributed by atoms with E-state index in [-0.39, 0.29) is 5.91 Å². The Morgan fingerprint density at radius 1 is 1.04 bits per heavy atom. The highest BCUT2D eigenvalue weighted by atomic mass is 35.5. The van der Waals surface area contributed by atoms with Gasteiger partial charge in [-0.15, -0.1) is 0 Å². The lowest BCUT2D eigenvalue weighted by Gasteiger charge is -2.05. The lowest BCUT2D eigenvalue weighted by atomic mass is 10.1. The number of halogens is 1. The molecule has 1 aromatic heterocycles. The average Bonchev–Trinajstić information content (AvgIpc) is 3.05. The number of methoxy groups -OCH3 is 1. The van der Waals surface area contributed by atoms with Crippen molar-refractivity contribution in [2.75, 3.05) is 17.7 Å². The average molecular weight is 388 g/mol. The van der Waals surface area contributed by atoms with E-state index < -0.39 is 6.09 Å². The molecule has 3 rings (SSSR count). The van der Waals surface area contributed by atoms with Crippen LogP contribution in [0.2, 0.25) is 5.02 Å². The lowest BCUT2D eigenvalue weighted by molar-refractivity contribution is 0.102. The van der Waals surface area contributed by atoms with Gasteiger partial charge < -0.3 is 10.1 Å². The number of anilines is 2. The number of hydrogen-bond donors (Lipinski definition) is 2. The van der Waals surface area contributed by atoms with Gasteiger partial charge in [0.2, 0.25) is 0 Å². The number of aromatic nitrogens is 1. The molecule has 6 nitrogen and oxygen atoms in total. The molecule has 0 aliphatic heterocycles. The van der Waals surface area contributed by atoms with Crippen molar-refractivity contribution in [1.82, 2.24) is 4.98 Å².